The molecule has 2 amide bonds. The minimum atomic E-state index is -0.151. The van der Waals surface area contributed by atoms with Gasteiger partial charge in [0.05, 0.1) is 14.2 Å². The molecule has 6 nitrogen and oxygen atoms in total. The third-order valence-electron chi connectivity index (χ3n) is 4.27. The number of ether oxygens (including phenoxy) is 2. The number of carbonyl (C=O) groups is 2. The van der Waals surface area contributed by atoms with Crippen molar-refractivity contribution in [1.29, 1.82) is 0 Å². The van der Waals surface area contributed by atoms with Gasteiger partial charge in [0.1, 0.15) is 0 Å². The van der Waals surface area contributed by atoms with Gasteiger partial charge < -0.3 is 19.7 Å². The van der Waals surface area contributed by atoms with Crippen LogP contribution in [0.25, 0.3) is 0 Å². The molecule has 2 aromatic carbocycles. The van der Waals surface area contributed by atoms with Crippen LogP contribution >= 0.6 is 0 Å². The largest absolute Gasteiger partial charge is 0.493 e. The molecular weight excluding hydrogens is 344 g/mol. The Labute approximate surface area is 160 Å². The molecule has 0 atom stereocenters. The predicted octanol–water partition coefficient (Wildman–Crippen LogP) is 3.65. The van der Waals surface area contributed by atoms with Gasteiger partial charge in [0.15, 0.2) is 11.5 Å². The summed E-state index contributed by atoms with van der Waals surface area (Å²) in [4.78, 5) is 25.9. The summed E-state index contributed by atoms with van der Waals surface area (Å²) in [6.45, 7) is 3.82. The highest BCUT2D eigenvalue weighted by Gasteiger charge is 2.16. The van der Waals surface area contributed by atoms with E-state index in [0.717, 1.165) is 12.1 Å². The van der Waals surface area contributed by atoms with Crippen LogP contribution in [0.15, 0.2) is 42.5 Å². The highest BCUT2D eigenvalue weighted by atomic mass is 16.5. The molecule has 0 aliphatic carbocycles. The van der Waals surface area contributed by atoms with E-state index in [1.807, 2.05) is 24.3 Å². The molecule has 0 saturated heterocycles. The fraction of sp³-hybridized carbons (Fsp3) is 0.333. The van der Waals surface area contributed by atoms with Gasteiger partial charge in [-0.2, -0.15) is 0 Å². The van der Waals surface area contributed by atoms with Crippen molar-refractivity contribution < 1.29 is 19.1 Å². The van der Waals surface area contributed by atoms with Crippen molar-refractivity contribution in [3.05, 3.63) is 48.0 Å². The van der Waals surface area contributed by atoms with E-state index >= 15 is 0 Å². The molecule has 144 valence electrons. The lowest BCUT2D eigenvalue weighted by Crippen LogP contribution is -2.32. The summed E-state index contributed by atoms with van der Waals surface area (Å²) in [5.74, 6) is 0.813. The van der Waals surface area contributed by atoms with Crippen LogP contribution in [0.4, 0.5) is 11.4 Å². The van der Waals surface area contributed by atoms with Crippen molar-refractivity contribution in [2.24, 2.45) is 0 Å². The minimum absolute atomic E-state index is 0.147. The number of hydrogen-bond acceptors (Lipinski definition) is 4. The van der Waals surface area contributed by atoms with Gasteiger partial charge >= 0.3 is 0 Å². The van der Waals surface area contributed by atoms with Crippen LogP contribution in [0.3, 0.4) is 0 Å². The predicted molar refractivity (Wildman–Crippen MR) is 107 cm³/mol. The molecule has 1 N–H and O–H groups in total. The van der Waals surface area contributed by atoms with E-state index in [1.165, 1.54) is 19.6 Å². The quantitative estimate of drug-likeness (QED) is 0.770. The summed E-state index contributed by atoms with van der Waals surface area (Å²) in [5.41, 5.74) is 2.61. The lowest BCUT2D eigenvalue weighted by atomic mass is 10.1. The molecule has 0 radical (unpaired) electrons. The van der Waals surface area contributed by atoms with Crippen molar-refractivity contribution in [3.8, 4) is 11.5 Å². The van der Waals surface area contributed by atoms with E-state index in [9.17, 15) is 9.59 Å². The Hall–Kier alpha value is -3.02. The molecule has 0 aromatic heterocycles. The second kappa shape index (κ2) is 9.62. The summed E-state index contributed by atoms with van der Waals surface area (Å²) in [6.07, 6.45) is 1.14. The fourth-order valence-electron chi connectivity index (χ4n) is 2.72. The first-order chi connectivity index (χ1) is 13.0. The number of carbonyl (C=O) groups excluding carboxylic acids is 2. The molecule has 0 bridgehead atoms. The first-order valence-corrected chi connectivity index (χ1v) is 8.87. The second-order valence-corrected chi connectivity index (χ2v) is 6.06. The maximum atomic E-state index is 12.3. The SMILES string of the molecule is CCc1ccc(NC(=O)CCN(C(C)=O)c2ccc(OC)c(OC)c2)cc1. The van der Waals surface area contributed by atoms with E-state index in [0.29, 0.717) is 17.2 Å². The number of nitrogens with zero attached hydrogens (tertiary/aromatic N) is 1. The van der Waals surface area contributed by atoms with Crippen LogP contribution in [0, 0.1) is 0 Å². The number of methoxy groups -OCH3 is 2. The van der Waals surface area contributed by atoms with Gasteiger partial charge in [-0.3, -0.25) is 9.59 Å². The van der Waals surface area contributed by atoms with Crippen LogP contribution in [-0.2, 0) is 16.0 Å². The first kappa shape index (κ1) is 20.3. The molecule has 0 aliphatic heterocycles. The summed E-state index contributed by atoms with van der Waals surface area (Å²) in [7, 11) is 3.09. The number of anilines is 2. The van der Waals surface area contributed by atoms with Gasteiger partial charge in [0.2, 0.25) is 11.8 Å². The van der Waals surface area contributed by atoms with Crippen LogP contribution in [-0.4, -0.2) is 32.6 Å². The second-order valence-electron chi connectivity index (χ2n) is 6.06. The van der Waals surface area contributed by atoms with E-state index < -0.39 is 0 Å². The Kier molecular flexibility index (Phi) is 7.23. The van der Waals surface area contributed by atoms with Gasteiger partial charge in [-0.15, -0.1) is 0 Å². The lowest BCUT2D eigenvalue weighted by Gasteiger charge is -2.22. The Morgan fingerprint density at radius 2 is 1.67 bits per heavy atom. The zero-order chi connectivity index (χ0) is 19.8. The zero-order valence-corrected chi connectivity index (χ0v) is 16.2. The van der Waals surface area contributed by atoms with E-state index in [2.05, 4.69) is 12.2 Å². The van der Waals surface area contributed by atoms with Gasteiger partial charge in [0, 0.05) is 37.3 Å². The smallest absolute Gasteiger partial charge is 0.226 e. The number of amides is 2. The topological polar surface area (TPSA) is 67.9 Å². The Bertz CT molecular complexity index is 787. The first-order valence-electron chi connectivity index (χ1n) is 8.87. The number of benzene rings is 2. The van der Waals surface area contributed by atoms with E-state index in [1.54, 1.807) is 30.2 Å². The number of hydrogen-bond donors (Lipinski definition) is 1. The molecular formula is C21H26N2O4. The van der Waals surface area contributed by atoms with Crippen molar-refractivity contribution in [3.63, 3.8) is 0 Å². The molecule has 0 aliphatic rings. The maximum absolute atomic E-state index is 12.3. The minimum Gasteiger partial charge on any atom is -0.493 e. The Morgan fingerprint density at radius 1 is 1.00 bits per heavy atom. The molecule has 6 heteroatoms. The highest BCUT2D eigenvalue weighted by Crippen LogP contribution is 2.31. The highest BCUT2D eigenvalue weighted by molar-refractivity contribution is 5.95. The summed E-state index contributed by atoms with van der Waals surface area (Å²) < 4.78 is 10.5. The average Bonchev–Trinajstić information content (AvgIpc) is 2.68. The Balaban J connectivity index is 2.03. The van der Waals surface area contributed by atoms with Crippen LogP contribution in [0.1, 0.15) is 25.8 Å². The van der Waals surface area contributed by atoms with Crippen molar-refractivity contribution in [1.82, 2.24) is 0 Å². The number of nitrogens with one attached hydrogen (secondary N) is 1. The molecule has 27 heavy (non-hydrogen) atoms. The van der Waals surface area contributed by atoms with Crippen LogP contribution in [0.5, 0.6) is 11.5 Å². The standard InChI is InChI=1S/C21H26N2O4/c1-5-16-6-8-17(9-7-16)22-21(25)12-13-23(15(2)24)18-10-11-19(26-3)20(14-18)27-4/h6-11,14H,5,12-13H2,1-4H3,(H,22,25). The summed E-state index contributed by atoms with van der Waals surface area (Å²) >= 11 is 0. The number of aryl methyl sites for hydroxylation is 1. The molecule has 0 heterocycles. The van der Waals surface area contributed by atoms with Gasteiger partial charge in [-0.25, -0.2) is 0 Å². The molecule has 2 rings (SSSR count). The van der Waals surface area contributed by atoms with Crippen molar-refractivity contribution in [2.45, 2.75) is 26.7 Å². The fourth-order valence-corrected chi connectivity index (χ4v) is 2.72. The maximum Gasteiger partial charge on any atom is 0.226 e. The van der Waals surface area contributed by atoms with Gasteiger partial charge in [-0.1, -0.05) is 19.1 Å². The summed E-state index contributed by atoms with van der Waals surface area (Å²) in [5, 5.41) is 2.86. The molecule has 0 saturated carbocycles. The average molecular weight is 370 g/mol. The summed E-state index contributed by atoms with van der Waals surface area (Å²) in [6, 6.07) is 13.0. The molecule has 0 spiro atoms. The third-order valence-corrected chi connectivity index (χ3v) is 4.27. The normalized spacial score (nSPS) is 10.2. The van der Waals surface area contributed by atoms with E-state index in [-0.39, 0.29) is 24.8 Å². The van der Waals surface area contributed by atoms with Crippen LogP contribution in [0.2, 0.25) is 0 Å². The van der Waals surface area contributed by atoms with E-state index in [4.69, 9.17) is 9.47 Å². The Morgan fingerprint density at radius 3 is 2.22 bits per heavy atom. The third kappa shape index (κ3) is 5.48. The van der Waals surface area contributed by atoms with Crippen molar-refractivity contribution >= 4 is 23.2 Å². The monoisotopic (exact) mass is 370 g/mol. The van der Waals surface area contributed by atoms with Crippen LogP contribution < -0.4 is 19.7 Å². The van der Waals surface area contributed by atoms with Gasteiger partial charge in [0.25, 0.3) is 0 Å². The van der Waals surface area contributed by atoms with Gasteiger partial charge in [-0.05, 0) is 36.2 Å². The number of rotatable bonds is 8. The molecule has 0 fully saturated rings. The molecule has 0 unspecified atom stereocenters. The molecule has 2 aromatic rings. The zero-order valence-electron chi connectivity index (χ0n) is 16.2. The lowest BCUT2D eigenvalue weighted by molar-refractivity contribution is -0.117. The van der Waals surface area contributed by atoms with Crippen molar-refractivity contribution in [2.75, 3.05) is 31.0 Å².